The zero-order valence-electron chi connectivity index (χ0n) is 9.21. The lowest BCUT2D eigenvalue weighted by molar-refractivity contribution is 0.0306. The van der Waals surface area contributed by atoms with Crippen LogP contribution < -0.4 is 0 Å². The van der Waals surface area contributed by atoms with Gasteiger partial charge in [0.1, 0.15) is 0 Å². The molecule has 0 spiro atoms. The van der Waals surface area contributed by atoms with Crippen molar-refractivity contribution in [1.82, 2.24) is 0 Å². The third-order valence-corrected chi connectivity index (χ3v) is 1.41. The summed E-state index contributed by atoms with van der Waals surface area (Å²) in [6.07, 6.45) is 0. The van der Waals surface area contributed by atoms with E-state index in [0.29, 0.717) is 6.61 Å². The standard InChI is InChI=1S/C8H19BO7/c10-1-4-13-7-8-16-9(14-5-2-11)15-6-3-12/h10-12H,1-8H2. The minimum atomic E-state index is -0.919. The SMILES string of the molecule is OCCOCCOB(OCCO)OCCO. The van der Waals surface area contributed by atoms with Crippen molar-refractivity contribution in [2.24, 2.45) is 0 Å². The van der Waals surface area contributed by atoms with Crippen molar-refractivity contribution in [2.45, 2.75) is 0 Å². The van der Waals surface area contributed by atoms with E-state index < -0.39 is 7.32 Å². The molecule has 0 fully saturated rings. The second-order valence-corrected chi connectivity index (χ2v) is 2.68. The average Bonchev–Trinajstić information content (AvgIpc) is 2.31. The summed E-state index contributed by atoms with van der Waals surface area (Å²) < 4.78 is 20.1. The highest BCUT2D eigenvalue weighted by Crippen LogP contribution is 1.92. The highest BCUT2D eigenvalue weighted by atomic mass is 16.7. The predicted molar refractivity (Wildman–Crippen MR) is 55.7 cm³/mol. The lowest BCUT2D eigenvalue weighted by Crippen LogP contribution is -2.31. The first-order chi connectivity index (χ1) is 7.85. The highest BCUT2D eigenvalue weighted by molar-refractivity contribution is 6.36. The van der Waals surface area contributed by atoms with Gasteiger partial charge in [-0.3, -0.25) is 0 Å². The quantitative estimate of drug-likeness (QED) is 0.267. The van der Waals surface area contributed by atoms with E-state index in [1.54, 1.807) is 0 Å². The van der Waals surface area contributed by atoms with Gasteiger partial charge in [0.2, 0.25) is 0 Å². The number of rotatable bonds is 12. The third-order valence-electron chi connectivity index (χ3n) is 1.41. The molecule has 3 N–H and O–H groups in total. The van der Waals surface area contributed by atoms with Gasteiger partial charge in [-0.05, 0) is 0 Å². The van der Waals surface area contributed by atoms with Crippen molar-refractivity contribution < 1.29 is 34.0 Å². The number of hydrogen-bond acceptors (Lipinski definition) is 7. The van der Waals surface area contributed by atoms with Crippen molar-refractivity contribution in [3.05, 3.63) is 0 Å². The summed E-state index contributed by atoms with van der Waals surface area (Å²) in [6, 6.07) is 0. The summed E-state index contributed by atoms with van der Waals surface area (Å²) in [4.78, 5) is 0. The Morgan fingerprint density at radius 2 is 1.12 bits per heavy atom. The van der Waals surface area contributed by atoms with Crippen LogP contribution in [0.3, 0.4) is 0 Å². The molecule has 0 unspecified atom stereocenters. The zero-order valence-corrected chi connectivity index (χ0v) is 9.21. The molecule has 0 aliphatic carbocycles. The van der Waals surface area contributed by atoms with Crippen LogP contribution in [0.5, 0.6) is 0 Å². The largest absolute Gasteiger partial charge is 0.639 e. The molecule has 0 amide bonds. The van der Waals surface area contributed by atoms with Crippen LogP contribution >= 0.6 is 0 Å². The second kappa shape index (κ2) is 12.9. The molecular weight excluding hydrogens is 219 g/mol. The fourth-order valence-corrected chi connectivity index (χ4v) is 0.812. The molecule has 0 aromatic heterocycles. The minimum Gasteiger partial charge on any atom is -0.394 e. The van der Waals surface area contributed by atoms with E-state index in [9.17, 15) is 0 Å². The van der Waals surface area contributed by atoms with Crippen molar-refractivity contribution >= 4 is 7.32 Å². The Bertz CT molecular complexity index is 130. The molecule has 0 bridgehead atoms. The summed E-state index contributed by atoms with van der Waals surface area (Å²) >= 11 is 0. The molecule has 0 aromatic rings. The normalized spacial score (nSPS) is 10.7. The first kappa shape index (κ1) is 15.8. The van der Waals surface area contributed by atoms with E-state index in [0.717, 1.165) is 0 Å². The summed E-state index contributed by atoms with van der Waals surface area (Å²) in [5.74, 6) is 0. The first-order valence-corrected chi connectivity index (χ1v) is 5.10. The lowest BCUT2D eigenvalue weighted by Gasteiger charge is -2.13. The molecule has 0 saturated carbocycles. The topological polar surface area (TPSA) is 97.6 Å². The summed E-state index contributed by atoms with van der Waals surface area (Å²) in [5.41, 5.74) is 0. The minimum absolute atomic E-state index is 0.0363. The van der Waals surface area contributed by atoms with Crippen LogP contribution in [0.1, 0.15) is 0 Å². The zero-order chi connectivity index (χ0) is 12.1. The van der Waals surface area contributed by atoms with Crippen LogP contribution in [0.25, 0.3) is 0 Å². The third kappa shape index (κ3) is 10.3. The van der Waals surface area contributed by atoms with Crippen LogP contribution in [-0.2, 0) is 18.7 Å². The van der Waals surface area contributed by atoms with E-state index in [-0.39, 0.29) is 46.2 Å². The molecule has 7 nitrogen and oxygen atoms in total. The maximum absolute atomic E-state index is 8.54. The summed E-state index contributed by atoms with van der Waals surface area (Å²) in [5, 5.41) is 25.5. The van der Waals surface area contributed by atoms with Gasteiger partial charge in [-0.1, -0.05) is 0 Å². The molecule has 0 aromatic carbocycles. The van der Waals surface area contributed by atoms with Gasteiger partial charge < -0.3 is 34.0 Å². The van der Waals surface area contributed by atoms with Crippen molar-refractivity contribution in [1.29, 1.82) is 0 Å². The smallest absolute Gasteiger partial charge is 0.394 e. The molecule has 96 valence electrons. The Kier molecular flexibility index (Phi) is 12.7. The van der Waals surface area contributed by atoms with Gasteiger partial charge >= 0.3 is 7.32 Å². The van der Waals surface area contributed by atoms with Gasteiger partial charge in [-0.25, -0.2) is 0 Å². The van der Waals surface area contributed by atoms with Gasteiger partial charge in [-0.15, -0.1) is 0 Å². The maximum atomic E-state index is 8.54. The maximum Gasteiger partial charge on any atom is 0.639 e. The number of ether oxygens (including phenoxy) is 1. The van der Waals surface area contributed by atoms with Crippen molar-refractivity contribution in [2.75, 3.05) is 52.9 Å². The number of hydrogen-bond donors (Lipinski definition) is 3. The van der Waals surface area contributed by atoms with Gasteiger partial charge in [0.25, 0.3) is 0 Å². The van der Waals surface area contributed by atoms with Crippen LogP contribution in [0.4, 0.5) is 0 Å². The van der Waals surface area contributed by atoms with Crippen molar-refractivity contribution in [3.8, 4) is 0 Å². The van der Waals surface area contributed by atoms with E-state index in [1.807, 2.05) is 0 Å². The highest BCUT2D eigenvalue weighted by Gasteiger charge is 2.20. The van der Waals surface area contributed by atoms with Gasteiger partial charge in [0, 0.05) is 0 Å². The Labute approximate surface area is 95.1 Å². The fraction of sp³-hybridized carbons (Fsp3) is 1.00. The van der Waals surface area contributed by atoms with Crippen LogP contribution in [0.2, 0.25) is 0 Å². The molecule has 0 atom stereocenters. The Morgan fingerprint density at radius 3 is 1.62 bits per heavy atom. The van der Waals surface area contributed by atoms with Crippen LogP contribution in [0, 0.1) is 0 Å². The average molecular weight is 238 g/mol. The molecule has 0 rings (SSSR count). The summed E-state index contributed by atoms with van der Waals surface area (Å²) in [7, 11) is -0.919. The van der Waals surface area contributed by atoms with Crippen molar-refractivity contribution in [3.63, 3.8) is 0 Å². The van der Waals surface area contributed by atoms with Crippen LogP contribution in [0.15, 0.2) is 0 Å². The molecule has 0 aliphatic heterocycles. The Hall–Kier alpha value is -0.215. The molecule has 0 aliphatic rings. The predicted octanol–water partition coefficient (Wildman–Crippen LogP) is -1.99. The fourth-order valence-electron chi connectivity index (χ4n) is 0.812. The molecule has 0 heterocycles. The number of aliphatic hydroxyl groups is 3. The molecular formula is C8H19BO7. The van der Waals surface area contributed by atoms with E-state index >= 15 is 0 Å². The van der Waals surface area contributed by atoms with E-state index in [2.05, 4.69) is 0 Å². The van der Waals surface area contributed by atoms with Gasteiger partial charge in [0.05, 0.1) is 52.9 Å². The molecule has 0 saturated heterocycles. The molecule has 8 heteroatoms. The number of aliphatic hydroxyl groups excluding tert-OH is 3. The lowest BCUT2D eigenvalue weighted by atomic mass is 10.2. The first-order valence-electron chi connectivity index (χ1n) is 5.10. The summed E-state index contributed by atoms with van der Waals surface area (Å²) in [6.45, 7) is 0.673. The van der Waals surface area contributed by atoms with Crippen LogP contribution in [-0.4, -0.2) is 75.5 Å². The monoisotopic (exact) mass is 238 g/mol. The molecule has 0 radical (unpaired) electrons. The second-order valence-electron chi connectivity index (χ2n) is 2.68. The van der Waals surface area contributed by atoms with E-state index in [4.69, 9.17) is 34.0 Å². The Morgan fingerprint density at radius 1 is 0.625 bits per heavy atom. The molecule has 16 heavy (non-hydrogen) atoms. The van der Waals surface area contributed by atoms with E-state index in [1.165, 1.54) is 0 Å². The Balaban J connectivity index is 3.48. The van der Waals surface area contributed by atoms with Gasteiger partial charge in [-0.2, -0.15) is 0 Å². The van der Waals surface area contributed by atoms with Gasteiger partial charge in [0.15, 0.2) is 0 Å².